The van der Waals surface area contributed by atoms with Gasteiger partial charge in [0.05, 0.1) is 0 Å². The highest BCUT2D eigenvalue weighted by molar-refractivity contribution is 7.55. The van der Waals surface area contributed by atoms with Crippen molar-refractivity contribution in [3.05, 3.63) is 101 Å². The zero-order chi connectivity index (χ0) is 20.3. The Balaban J connectivity index is 1.80. The molecule has 0 unspecified atom stereocenters. The van der Waals surface area contributed by atoms with Gasteiger partial charge in [-0.05, 0) is 49.4 Å². The minimum atomic E-state index is -4.06. The molecule has 4 rings (SSSR count). The molecule has 2 aromatic carbocycles. The summed E-state index contributed by atoms with van der Waals surface area (Å²) in [6.45, 7) is 1.67. The van der Waals surface area contributed by atoms with Gasteiger partial charge in [-0.15, -0.1) is 0 Å². The van der Waals surface area contributed by atoms with Crippen LogP contribution in [-0.2, 0) is 4.57 Å². The lowest BCUT2D eigenvalue weighted by molar-refractivity contribution is 0.387. The van der Waals surface area contributed by atoms with E-state index in [0.717, 1.165) is 4.68 Å². The number of nitrogens with zero attached hydrogens (tertiary/aromatic N) is 2. The molecule has 0 fully saturated rings. The first kappa shape index (κ1) is 18.8. The third-order valence-electron chi connectivity index (χ3n) is 4.10. The van der Waals surface area contributed by atoms with Crippen molar-refractivity contribution in [2.75, 3.05) is 5.20 Å². The summed E-state index contributed by atoms with van der Waals surface area (Å²) in [5, 5.41) is 3.37. The summed E-state index contributed by atoms with van der Waals surface area (Å²) in [5.74, 6) is 0.662. The number of hydrogen-bond donors (Lipinski definition) is 1. The molecule has 0 aliphatic heterocycles. The first-order chi connectivity index (χ1) is 14.0. The van der Waals surface area contributed by atoms with E-state index >= 15 is 0 Å². The van der Waals surface area contributed by atoms with Crippen LogP contribution in [-0.4, -0.2) is 9.66 Å². The van der Waals surface area contributed by atoms with E-state index in [1.165, 1.54) is 0 Å². The molecule has 0 spiro atoms. The standard InChI is InChI=1S/C21H18N3O4P/c1-16-15-17-9-8-14-22-20(17)24(21(16)25)23-29(26,27-18-10-4-2-5-11-18)28-19-12-6-3-7-13-19/h2-15H,1H3,(H,23,26). The van der Waals surface area contributed by atoms with E-state index in [1.807, 2.05) is 18.2 Å². The molecule has 0 saturated carbocycles. The first-order valence-corrected chi connectivity index (χ1v) is 10.4. The van der Waals surface area contributed by atoms with Crippen LogP contribution in [0.1, 0.15) is 5.56 Å². The largest absolute Gasteiger partial charge is 0.556 e. The minimum absolute atomic E-state index is 0.316. The lowest BCUT2D eigenvalue weighted by Crippen LogP contribution is -2.31. The summed E-state index contributed by atoms with van der Waals surface area (Å²) in [5.41, 5.74) is 0.380. The molecule has 0 bridgehead atoms. The summed E-state index contributed by atoms with van der Waals surface area (Å²) in [6.07, 6.45) is 1.55. The number of nitrogens with one attached hydrogen (secondary N) is 1. The Labute approximate surface area is 167 Å². The van der Waals surface area contributed by atoms with Crippen LogP contribution in [0.25, 0.3) is 11.0 Å². The van der Waals surface area contributed by atoms with Gasteiger partial charge in [0.25, 0.3) is 5.56 Å². The number of rotatable bonds is 6. The van der Waals surface area contributed by atoms with Gasteiger partial charge in [0.2, 0.25) is 0 Å². The summed E-state index contributed by atoms with van der Waals surface area (Å²) < 4.78 is 26.2. The van der Waals surface area contributed by atoms with Gasteiger partial charge in [-0.2, -0.15) is 4.68 Å². The third-order valence-corrected chi connectivity index (χ3v) is 5.45. The monoisotopic (exact) mass is 407 g/mol. The molecule has 0 atom stereocenters. The predicted molar refractivity (Wildman–Crippen MR) is 112 cm³/mol. The second kappa shape index (κ2) is 7.81. The highest BCUT2D eigenvalue weighted by atomic mass is 31.2. The zero-order valence-electron chi connectivity index (χ0n) is 15.6. The van der Waals surface area contributed by atoms with E-state index in [0.29, 0.717) is 28.1 Å². The van der Waals surface area contributed by atoms with Gasteiger partial charge in [-0.1, -0.05) is 36.4 Å². The van der Waals surface area contributed by atoms with E-state index in [-0.39, 0.29) is 0 Å². The van der Waals surface area contributed by atoms with Crippen LogP contribution in [0, 0.1) is 6.92 Å². The second-order valence-electron chi connectivity index (χ2n) is 6.29. The number of hydrogen-bond acceptors (Lipinski definition) is 5. The maximum Gasteiger partial charge on any atom is 0.556 e. The van der Waals surface area contributed by atoms with E-state index in [9.17, 15) is 9.36 Å². The Morgan fingerprint density at radius 1 is 0.897 bits per heavy atom. The normalized spacial score (nSPS) is 11.2. The topological polar surface area (TPSA) is 82.5 Å². The van der Waals surface area contributed by atoms with Crippen LogP contribution in [0.5, 0.6) is 11.5 Å². The lowest BCUT2D eigenvalue weighted by Gasteiger charge is -2.22. The summed E-state index contributed by atoms with van der Waals surface area (Å²) in [4.78, 5) is 17.0. The van der Waals surface area contributed by atoms with E-state index in [4.69, 9.17) is 9.05 Å². The molecular formula is C21H18N3O4P. The number of para-hydroxylation sites is 2. The smallest absolute Gasteiger partial charge is 0.399 e. The van der Waals surface area contributed by atoms with Gasteiger partial charge in [-0.3, -0.25) is 4.79 Å². The van der Waals surface area contributed by atoms with Gasteiger partial charge in [0, 0.05) is 17.1 Å². The quantitative estimate of drug-likeness (QED) is 0.474. The van der Waals surface area contributed by atoms with Crippen LogP contribution < -0.4 is 19.8 Å². The Morgan fingerprint density at radius 3 is 2.07 bits per heavy atom. The molecule has 1 N–H and O–H groups in total. The maximum absolute atomic E-state index is 13.7. The fourth-order valence-electron chi connectivity index (χ4n) is 2.79. The summed E-state index contributed by atoms with van der Waals surface area (Å²) >= 11 is 0. The summed E-state index contributed by atoms with van der Waals surface area (Å²) in [6, 6.07) is 22.5. The second-order valence-corrected chi connectivity index (χ2v) is 7.85. The molecule has 0 radical (unpaired) electrons. The molecule has 146 valence electrons. The van der Waals surface area contributed by atoms with Gasteiger partial charge in [0.15, 0.2) is 5.65 Å². The fraction of sp³-hybridized carbons (Fsp3) is 0.0476. The third kappa shape index (κ3) is 4.15. The van der Waals surface area contributed by atoms with Crippen molar-refractivity contribution in [2.45, 2.75) is 6.92 Å². The van der Waals surface area contributed by atoms with Gasteiger partial charge >= 0.3 is 7.75 Å². The van der Waals surface area contributed by atoms with Crippen LogP contribution in [0.2, 0.25) is 0 Å². The number of fused-ring (bicyclic) bond motifs is 1. The molecule has 7 nitrogen and oxygen atoms in total. The highest BCUT2D eigenvalue weighted by Crippen LogP contribution is 2.46. The van der Waals surface area contributed by atoms with E-state index < -0.39 is 13.3 Å². The average Bonchev–Trinajstić information content (AvgIpc) is 2.73. The van der Waals surface area contributed by atoms with E-state index in [1.54, 1.807) is 73.8 Å². The predicted octanol–water partition coefficient (Wildman–Crippen LogP) is 4.51. The Hall–Kier alpha value is -3.57. The Bertz CT molecular complexity index is 1200. The summed E-state index contributed by atoms with van der Waals surface area (Å²) in [7, 11) is -4.06. The molecule has 0 aliphatic carbocycles. The Kier molecular flexibility index (Phi) is 5.06. The molecule has 2 heterocycles. The van der Waals surface area contributed by atoms with Crippen molar-refractivity contribution in [3.8, 4) is 11.5 Å². The average molecular weight is 407 g/mol. The Morgan fingerprint density at radius 2 is 1.48 bits per heavy atom. The van der Waals surface area contributed by atoms with Gasteiger partial charge in [-0.25, -0.2) is 14.7 Å². The van der Waals surface area contributed by atoms with Crippen LogP contribution in [0.15, 0.2) is 89.9 Å². The van der Waals surface area contributed by atoms with Crippen molar-refractivity contribution >= 4 is 18.8 Å². The van der Waals surface area contributed by atoms with Crippen molar-refractivity contribution in [2.24, 2.45) is 0 Å². The maximum atomic E-state index is 13.7. The van der Waals surface area contributed by atoms with Crippen molar-refractivity contribution in [1.82, 2.24) is 9.66 Å². The first-order valence-electron chi connectivity index (χ1n) is 8.89. The van der Waals surface area contributed by atoms with E-state index in [2.05, 4.69) is 10.2 Å². The molecule has 4 aromatic rings. The van der Waals surface area contributed by atoms with Crippen molar-refractivity contribution < 1.29 is 13.6 Å². The van der Waals surface area contributed by atoms with Gasteiger partial charge in [0.1, 0.15) is 11.5 Å². The van der Waals surface area contributed by atoms with Gasteiger partial charge < -0.3 is 9.05 Å². The molecule has 0 amide bonds. The zero-order valence-corrected chi connectivity index (χ0v) is 16.5. The number of aromatic nitrogens is 2. The minimum Gasteiger partial charge on any atom is -0.399 e. The van der Waals surface area contributed by atoms with Crippen molar-refractivity contribution in [3.63, 3.8) is 0 Å². The van der Waals surface area contributed by atoms with Crippen LogP contribution in [0.3, 0.4) is 0 Å². The molecule has 0 saturated heterocycles. The number of pyridine rings is 2. The number of benzene rings is 2. The molecule has 2 aromatic heterocycles. The fourth-order valence-corrected chi connectivity index (χ4v) is 4.14. The van der Waals surface area contributed by atoms with Crippen molar-refractivity contribution in [1.29, 1.82) is 0 Å². The molecule has 29 heavy (non-hydrogen) atoms. The number of aryl methyl sites for hydroxylation is 1. The lowest BCUT2D eigenvalue weighted by atomic mass is 10.2. The molecule has 0 aliphatic rings. The molecule has 8 heteroatoms. The molecular weight excluding hydrogens is 389 g/mol. The van der Waals surface area contributed by atoms with Crippen LogP contribution >= 0.6 is 7.75 Å². The van der Waals surface area contributed by atoms with Crippen LogP contribution in [0.4, 0.5) is 0 Å². The highest BCUT2D eigenvalue weighted by Gasteiger charge is 2.31. The SMILES string of the molecule is Cc1cc2cccnc2n(NP(=O)(Oc2ccccc2)Oc2ccccc2)c1=O.